The third kappa shape index (κ3) is 3.14. The minimum Gasteiger partial charge on any atom is -0.476 e. The number of hydrogen-bond donors (Lipinski definition) is 1. The fourth-order valence-corrected chi connectivity index (χ4v) is 1.38. The molecule has 0 aliphatic carbocycles. The van der Waals surface area contributed by atoms with Crippen molar-refractivity contribution in [2.75, 3.05) is 11.9 Å². The lowest BCUT2D eigenvalue weighted by Crippen LogP contribution is -2.05. The van der Waals surface area contributed by atoms with E-state index in [4.69, 9.17) is 4.74 Å². The van der Waals surface area contributed by atoms with Crippen LogP contribution < -0.4 is 10.1 Å². The van der Waals surface area contributed by atoms with Crippen LogP contribution >= 0.6 is 0 Å². The van der Waals surface area contributed by atoms with Crippen molar-refractivity contribution >= 4 is 5.69 Å². The second kappa shape index (κ2) is 5.79. The molecule has 0 fully saturated rings. The van der Waals surface area contributed by atoms with E-state index < -0.39 is 0 Å². The van der Waals surface area contributed by atoms with Crippen molar-refractivity contribution in [2.24, 2.45) is 0 Å². The van der Waals surface area contributed by atoms with Gasteiger partial charge in [-0.3, -0.25) is 9.97 Å². The molecule has 2 heterocycles. The van der Waals surface area contributed by atoms with Crippen molar-refractivity contribution in [1.82, 2.24) is 15.0 Å². The first-order valence-corrected chi connectivity index (χ1v) is 5.46. The predicted octanol–water partition coefficient (Wildman–Crippen LogP) is 1.88. The van der Waals surface area contributed by atoms with Crippen LogP contribution in [0.4, 0.5) is 5.69 Å². The zero-order valence-corrected chi connectivity index (χ0v) is 9.63. The van der Waals surface area contributed by atoms with E-state index in [1.807, 2.05) is 19.1 Å². The van der Waals surface area contributed by atoms with Gasteiger partial charge in [-0.1, -0.05) is 0 Å². The van der Waals surface area contributed by atoms with E-state index in [0.29, 0.717) is 19.0 Å². The van der Waals surface area contributed by atoms with Gasteiger partial charge in [0.1, 0.15) is 0 Å². The molecule has 2 rings (SSSR count). The van der Waals surface area contributed by atoms with Gasteiger partial charge in [-0.05, 0) is 19.1 Å². The van der Waals surface area contributed by atoms with Crippen molar-refractivity contribution in [3.05, 3.63) is 42.6 Å². The Hall–Kier alpha value is -2.17. The molecule has 0 aliphatic heterocycles. The Labute approximate surface area is 99.9 Å². The van der Waals surface area contributed by atoms with Gasteiger partial charge in [0.25, 0.3) is 0 Å². The molecule has 0 saturated heterocycles. The summed E-state index contributed by atoms with van der Waals surface area (Å²) in [4.78, 5) is 12.3. The largest absolute Gasteiger partial charge is 0.476 e. The van der Waals surface area contributed by atoms with Crippen LogP contribution in [0.25, 0.3) is 0 Å². The number of nitrogens with zero attached hydrogens (tertiary/aromatic N) is 3. The third-order valence-corrected chi connectivity index (χ3v) is 2.13. The summed E-state index contributed by atoms with van der Waals surface area (Å²) < 4.78 is 5.42. The summed E-state index contributed by atoms with van der Waals surface area (Å²) in [6.45, 7) is 3.12. The summed E-state index contributed by atoms with van der Waals surface area (Å²) in [5, 5.41) is 3.22. The summed E-state index contributed by atoms with van der Waals surface area (Å²) in [6, 6.07) is 3.79. The molecule has 88 valence electrons. The normalized spacial score (nSPS) is 9.94. The highest BCUT2D eigenvalue weighted by Crippen LogP contribution is 2.20. The molecule has 0 atom stereocenters. The Morgan fingerprint density at radius 2 is 2.18 bits per heavy atom. The topological polar surface area (TPSA) is 59.9 Å². The molecule has 0 amide bonds. The first kappa shape index (κ1) is 11.3. The molecule has 2 aromatic heterocycles. The highest BCUT2D eigenvalue weighted by Gasteiger charge is 2.03. The van der Waals surface area contributed by atoms with Gasteiger partial charge in [-0.15, -0.1) is 0 Å². The zero-order valence-electron chi connectivity index (χ0n) is 9.63. The monoisotopic (exact) mass is 230 g/mol. The van der Waals surface area contributed by atoms with E-state index in [9.17, 15) is 0 Å². The van der Waals surface area contributed by atoms with E-state index in [2.05, 4.69) is 20.3 Å². The number of ether oxygens (including phenoxy) is 1. The highest BCUT2D eigenvalue weighted by molar-refractivity contribution is 5.52. The van der Waals surface area contributed by atoms with Crippen molar-refractivity contribution < 1.29 is 4.74 Å². The van der Waals surface area contributed by atoms with Crippen LogP contribution in [0.15, 0.2) is 36.9 Å². The summed E-state index contributed by atoms with van der Waals surface area (Å²) in [5.74, 6) is 0.610. The number of hydrogen-bond acceptors (Lipinski definition) is 5. The standard InChI is InChI=1S/C12H14N4O/c1-2-17-12-11(4-3-5-15-12)16-9-10-8-13-6-7-14-10/h3-8,16H,2,9H2,1H3. The van der Waals surface area contributed by atoms with Crippen molar-refractivity contribution in [2.45, 2.75) is 13.5 Å². The van der Waals surface area contributed by atoms with Crippen LogP contribution in [-0.2, 0) is 6.54 Å². The number of nitrogens with one attached hydrogen (secondary N) is 1. The van der Waals surface area contributed by atoms with E-state index in [-0.39, 0.29) is 0 Å². The van der Waals surface area contributed by atoms with E-state index in [1.54, 1.807) is 24.8 Å². The van der Waals surface area contributed by atoms with Crippen molar-refractivity contribution in [3.8, 4) is 5.88 Å². The number of rotatable bonds is 5. The smallest absolute Gasteiger partial charge is 0.237 e. The Morgan fingerprint density at radius 3 is 2.94 bits per heavy atom. The van der Waals surface area contributed by atoms with Gasteiger partial charge in [0.05, 0.1) is 30.7 Å². The minimum absolute atomic E-state index is 0.594. The lowest BCUT2D eigenvalue weighted by atomic mass is 10.3. The maximum Gasteiger partial charge on any atom is 0.237 e. The van der Waals surface area contributed by atoms with Crippen molar-refractivity contribution in [1.29, 1.82) is 0 Å². The Kier molecular flexibility index (Phi) is 3.85. The molecular weight excluding hydrogens is 216 g/mol. The molecule has 0 spiro atoms. The lowest BCUT2D eigenvalue weighted by molar-refractivity contribution is 0.328. The molecule has 0 aromatic carbocycles. The molecule has 0 radical (unpaired) electrons. The van der Waals surface area contributed by atoms with Crippen molar-refractivity contribution in [3.63, 3.8) is 0 Å². The second-order valence-corrected chi connectivity index (χ2v) is 3.34. The number of anilines is 1. The summed E-state index contributed by atoms with van der Waals surface area (Å²) in [5.41, 5.74) is 1.74. The third-order valence-electron chi connectivity index (χ3n) is 2.13. The van der Waals surface area contributed by atoms with Crippen LogP contribution in [0.1, 0.15) is 12.6 Å². The molecule has 1 N–H and O–H groups in total. The van der Waals surface area contributed by atoms with Crippen LogP contribution in [0.5, 0.6) is 5.88 Å². The van der Waals surface area contributed by atoms with E-state index in [0.717, 1.165) is 11.4 Å². The molecule has 5 heteroatoms. The predicted molar refractivity (Wildman–Crippen MR) is 64.8 cm³/mol. The molecule has 2 aromatic rings. The van der Waals surface area contributed by atoms with Crippen LogP contribution in [0, 0.1) is 0 Å². The summed E-state index contributed by atoms with van der Waals surface area (Å²) in [7, 11) is 0. The molecule has 5 nitrogen and oxygen atoms in total. The maximum absolute atomic E-state index is 5.42. The zero-order chi connectivity index (χ0) is 11.9. The van der Waals surface area contributed by atoms with Gasteiger partial charge in [0.2, 0.25) is 5.88 Å². The van der Waals surface area contributed by atoms with Crippen LogP contribution in [-0.4, -0.2) is 21.6 Å². The highest BCUT2D eigenvalue weighted by atomic mass is 16.5. The number of pyridine rings is 1. The molecular formula is C12H14N4O. The first-order chi connectivity index (χ1) is 8.40. The summed E-state index contributed by atoms with van der Waals surface area (Å²) >= 11 is 0. The van der Waals surface area contributed by atoms with Gasteiger partial charge < -0.3 is 10.1 Å². The Morgan fingerprint density at radius 1 is 1.24 bits per heavy atom. The minimum atomic E-state index is 0.594. The quantitative estimate of drug-likeness (QED) is 0.849. The fraction of sp³-hybridized carbons (Fsp3) is 0.250. The van der Waals surface area contributed by atoms with Crippen LogP contribution in [0.2, 0.25) is 0 Å². The molecule has 0 bridgehead atoms. The van der Waals surface area contributed by atoms with E-state index >= 15 is 0 Å². The molecule has 17 heavy (non-hydrogen) atoms. The van der Waals surface area contributed by atoms with E-state index in [1.165, 1.54) is 0 Å². The van der Waals surface area contributed by atoms with Gasteiger partial charge in [-0.2, -0.15) is 0 Å². The first-order valence-electron chi connectivity index (χ1n) is 5.46. The molecule has 0 unspecified atom stereocenters. The van der Waals surface area contributed by atoms with Gasteiger partial charge in [0, 0.05) is 18.6 Å². The fourth-order valence-electron chi connectivity index (χ4n) is 1.38. The second-order valence-electron chi connectivity index (χ2n) is 3.34. The van der Waals surface area contributed by atoms with Gasteiger partial charge in [-0.25, -0.2) is 4.98 Å². The van der Waals surface area contributed by atoms with Gasteiger partial charge >= 0.3 is 0 Å². The maximum atomic E-state index is 5.42. The SMILES string of the molecule is CCOc1ncccc1NCc1cnccn1. The Balaban J connectivity index is 2.03. The van der Waals surface area contributed by atoms with Crippen LogP contribution in [0.3, 0.4) is 0 Å². The lowest BCUT2D eigenvalue weighted by Gasteiger charge is -2.10. The Bertz CT molecular complexity index is 461. The summed E-state index contributed by atoms with van der Waals surface area (Å²) in [6.07, 6.45) is 6.76. The average Bonchev–Trinajstić information content (AvgIpc) is 2.39. The molecule has 0 aliphatic rings. The average molecular weight is 230 g/mol. The molecule has 0 saturated carbocycles. The van der Waals surface area contributed by atoms with Gasteiger partial charge in [0.15, 0.2) is 0 Å². The number of aromatic nitrogens is 3.